The Hall–Kier alpha value is -2.70. The summed E-state index contributed by atoms with van der Waals surface area (Å²) in [5.74, 6) is -0.469. The molecule has 0 aromatic heterocycles. The third kappa shape index (κ3) is 4.18. The van der Waals surface area contributed by atoms with E-state index in [2.05, 4.69) is 34.9 Å². The first-order chi connectivity index (χ1) is 13.9. The second-order valence-corrected chi connectivity index (χ2v) is 9.05. The number of likely N-dealkylation sites (N-methyl/N-ethyl adjacent to an activating group) is 1. The molecule has 1 heterocycles. The summed E-state index contributed by atoms with van der Waals surface area (Å²) in [4.78, 5) is 2.35. The van der Waals surface area contributed by atoms with Crippen molar-refractivity contribution in [1.29, 1.82) is 0 Å². The van der Waals surface area contributed by atoms with Crippen LogP contribution >= 0.6 is 0 Å². The van der Waals surface area contributed by atoms with Crippen molar-refractivity contribution >= 4 is 15.7 Å². The van der Waals surface area contributed by atoms with E-state index in [1.807, 2.05) is 24.3 Å². The monoisotopic (exact) mass is 410 g/mol. The second kappa shape index (κ2) is 7.97. The standard InChI is InChI=1S/C23H23FN2O2S/c1-26-15-14-17-6-2-4-8-21(17)23(26)16-18-7-3-5-9-22(18)25-29(27,28)20-12-10-19(24)11-13-20/h2-13,23,25H,14-16H2,1H3/t23-/m1/s1. The van der Waals surface area contributed by atoms with Gasteiger partial charge in [0.25, 0.3) is 10.0 Å². The van der Waals surface area contributed by atoms with E-state index in [4.69, 9.17) is 0 Å². The van der Waals surface area contributed by atoms with Gasteiger partial charge in [0, 0.05) is 12.6 Å². The largest absolute Gasteiger partial charge is 0.299 e. The van der Waals surface area contributed by atoms with Gasteiger partial charge in [-0.1, -0.05) is 42.5 Å². The van der Waals surface area contributed by atoms with Gasteiger partial charge in [0.2, 0.25) is 0 Å². The van der Waals surface area contributed by atoms with Crippen molar-refractivity contribution in [1.82, 2.24) is 4.90 Å². The fraction of sp³-hybridized carbons (Fsp3) is 0.217. The van der Waals surface area contributed by atoms with Crippen LogP contribution in [0.4, 0.5) is 10.1 Å². The Morgan fingerprint density at radius 3 is 2.48 bits per heavy atom. The van der Waals surface area contributed by atoms with E-state index in [1.165, 1.54) is 23.3 Å². The van der Waals surface area contributed by atoms with Gasteiger partial charge in [0.15, 0.2) is 0 Å². The molecule has 150 valence electrons. The van der Waals surface area contributed by atoms with Crippen molar-refractivity contribution in [2.75, 3.05) is 18.3 Å². The predicted octanol–water partition coefficient (Wildman–Crippen LogP) is 4.40. The van der Waals surface area contributed by atoms with E-state index < -0.39 is 15.8 Å². The van der Waals surface area contributed by atoms with Crippen LogP contribution in [-0.4, -0.2) is 26.9 Å². The minimum Gasteiger partial charge on any atom is -0.299 e. The topological polar surface area (TPSA) is 49.4 Å². The summed E-state index contributed by atoms with van der Waals surface area (Å²) in [6, 6.07) is 20.9. The molecule has 0 spiro atoms. The number of hydrogen-bond acceptors (Lipinski definition) is 3. The molecule has 1 atom stereocenters. The van der Waals surface area contributed by atoms with Gasteiger partial charge >= 0.3 is 0 Å². The van der Waals surface area contributed by atoms with Crippen molar-refractivity contribution in [2.24, 2.45) is 0 Å². The van der Waals surface area contributed by atoms with Crippen molar-refractivity contribution in [2.45, 2.75) is 23.8 Å². The molecular weight excluding hydrogens is 387 g/mol. The third-order valence-electron chi connectivity index (χ3n) is 5.48. The normalized spacial score (nSPS) is 17.0. The lowest BCUT2D eigenvalue weighted by atomic mass is 9.89. The zero-order chi connectivity index (χ0) is 20.4. The van der Waals surface area contributed by atoms with Crippen LogP contribution in [0.5, 0.6) is 0 Å². The van der Waals surface area contributed by atoms with Crippen LogP contribution in [0.2, 0.25) is 0 Å². The van der Waals surface area contributed by atoms with Crippen LogP contribution in [-0.2, 0) is 22.9 Å². The molecule has 29 heavy (non-hydrogen) atoms. The number of sulfonamides is 1. The van der Waals surface area contributed by atoms with Gasteiger partial charge in [-0.3, -0.25) is 9.62 Å². The maximum absolute atomic E-state index is 13.2. The van der Waals surface area contributed by atoms with Crippen molar-refractivity contribution in [3.8, 4) is 0 Å². The van der Waals surface area contributed by atoms with Crippen LogP contribution in [0.3, 0.4) is 0 Å². The lowest BCUT2D eigenvalue weighted by molar-refractivity contribution is 0.229. The Labute approximate surface area is 171 Å². The third-order valence-corrected chi connectivity index (χ3v) is 6.86. The Balaban J connectivity index is 1.63. The summed E-state index contributed by atoms with van der Waals surface area (Å²) in [5, 5.41) is 0. The molecule has 0 fully saturated rings. The first-order valence-corrected chi connectivity index (χ1v) is 11.1. The summed E-state index contributed by atoms with van der Waals surface area (Å²) in [7, 11) is -1.69. The number of nitrogens with zero attached hydrogens (tertiary/aromatic N) is 1. The van der Waals surface area contributed by atoms with Crippen LogP contribution in [0.15, 0.2) is 77.7 Å². The zero-order valence-electron chi connectivity index (χ0n) is 16.2. The Morgan fingerprint density at radius 2 is 1.69 bits per heavy atom. The Morgan fingerprint density at radius 1 is 1.00 bits per heavy atom. The van der Waals surface area contributed by atoms with Crippen LogP contribution < -0.4 is 4.72 Å². The van der Waals surface area contributed by atoms with Gasteiger partial charge in [0.05, 0.1) is 10.6 Å². The van der Waals surface area contributed by atoms with E-state index >= 15 is 0 Å². The van der Waals surface area contributed by atoms with Crippen molar-refractivity contribution in [3.05, 3.63) is 95.3 Å². The molecule has 1 aliphatic heterocycles. The molecule has 4 nitrogen and oxygen atoms in total. The van der Waals surface area contributed by atoms with Gasteiger partial charge in [-0.15, -0.1) is 0 Å². The average Bonchev–Trinajstić information content (AvgIpc) is 2.71. The molecule has 4 rings (SSSR count). The average molecular weight is 411 g/mol. The summed E-state index contributed by atoms with van der Waals surface area (Å²) < 4.78 is 41.4. The number of benzene rings is 3. The maximum atomic E-state index is 13.2. The van der Waals surface area contributed by atoms with Crippen molar-refractivity contribution in [3.63, 3.8) is 0 Å². The molecule has 0 saturated heterocycles. The van der Waals surface area contributed by atoms with Crippen LogP contribution in [0, 0.1) is 5.82 Å². The minimum absolute atomic E-state index is 0.0360. The fourth-order valence-electron chi connectivity index (χ4n) is 3.87. The Kier molecular flexibility index (Phi) is 5.39. The second-order valence-electron chi connectivity index (χ2n) is 7.37. The highest BCUT2D eigenvalue weighted by atomic mass is 32.2. The van der Waals surface area contributed by atoms with E-state index in [-0.39, 0.29) is 10.9 Å². The van der Waals surface area contributed by atoms with Crippen LogP contribution in [0.25, 0.3) is 0 Å². The number of nitrogens with one attached hydrogen (secondary N) is 1. The molecule has 0 radical (unpaired) electrons. The number of para-hydroxylation sites is 1. The number of hydrogen-bond donors (Lipinski definition) is 1. The highest BCUT2D eigenvalue weighted by Crippen LogP contribution is 2.33. The fourth-order valence-corrected chi connectivity index (χ4v) is 4.97. The number of fused-ring (bicyclic) bond motifs is 1. The van der Waals surface area contributed by atoms with E-state index in [9.17, 15) is 12.8 Å². The molecular formula is C23H23FN2O2S. The number of halogens is 1. The van der Waals surface area contributed by atoms with Gasteiger partial charge in [-0.2, -0.15) is 0 Å². The smallest absolute Gasteiger partial charge is 0.261 e. The maximum Gasteiger partial charge on any atom is 0.261 e. The highest BCUT2D eigenvalue weighted by molar-refractivity contribution is 7.92. The first-order valence-electron chi connectivity index (χ1n) is 9.58. The van der Waals surface area contributed by atoms with Gasteiger partial charge in [0.1, 0.15) is 5.82 Å². The summed E-state index contributed by atoms with van der Waals surface area (Å²) >= 11 is 0. The number of anilines is 1. The molecule has 0 amide bonds. The van der Waals surface area contributed by atoms with E-state index in [0.29, 0.717) is 12.1 Å². The zero-order valence-corrected chi connectivity index (χ0v) is 17.0. The Bertz CT molecular complexity index is 1110. The summed E-state index contributed by atoms with van der Waals surface area (Å²) in [5.41, 5.74) is 4.11. The molecule has 3 aromatic rings. The van der Waals surface area contributed by atoms with E-state index in [1.54, 1.807) is 6.07 Å². The molecule has 0 aliphatic carbocycles. The first kappa shape index (κ1) is 19.6. The summed E-state index contributed by atoms with van der Waals surface area (Å²) in [6.45, 7) is 0.963. The predicted molar refractivity (Wildman–Crippen MR) is 113 cm³/mol. The molecule has 0 saturated carbocycles. The SMILES string of the molecule is CN1CCc2ccccc2[C@H]1Cc1ccccc1NS(=O)(=O)c1ccc(F)cc1. The molecule has 0 unspecified atom stereocenters. The summed E-state index contributed by atoms with van der Waals surface area (Å²) in [6.07, 6.45) is 1.71. The van der Waals surface area contributed by atoms with Crippen LogP contribution in [0.1, 0.15) is 22.7 Å². The van der Waals surface area contributed by atoms with Gasteiger partial charge in [-0.05, 0) is 66.9 Å². The molecule has 3 aromatic carbocycles. The molecule has 0 bridgehead atoms. The minimum atomic E-state index is -3.80. The lowest BCUT2D eigenvalue weighted by Gasteiger charge is -2.35. The molecule has 1 N–H and O–H groups in total. The van der Waals surface area contributed by atoms with Crippen molar-refractivity contribution < 1.29 is 12.8 Å². The van der Waals surface area contributed by atoms with Gasteiger partial charge < -0.3 is 0 Å². The number of rotatable bonds is 5. The highest BCUT2D eigenvalue weighted by Gasteiger charge is 2.26. The quantitative estimate of drug-likeness (QED) is 0.678. The van der Waals surface area contributed by atoms with E-state index in [0.717, 1.165) is 30.7 Å². The molecule has 1 aliphatic rings. The lowest BCUT2D eigenvalue weighted by Crippen LogP contribution is -2.33. The molecule has 6 heteroatoms. The van der Waals surface area contributed by atoms with Gasteiger partial charge in [-0.25, -0.2) is 12.8 Å².